The molecule has 0 unspecified atom stereocenters. The quantitative estimate of drug-likeness (QED) is 0.678. The van der Waals surface area contributed by atoms with Crippen molar-refractivity contribution < 1.29 is 27.4 Å². The maximum absolute atomic E-state index is 12.1. The maximum atomic E-state index is 12.1. The molecule has 27 heavy (non-hydrogen) atoms. The fraction of sp³-hybridized carbons (Fsp3) is 0.222. The van der Waals surface area contributed by atoms with Crippen molar-refractivity contribution in [3.63, 3.8) is 0 Å². The van der Waals surface area contributed by atoms with Crippen LogP contribution in [0.4, 0.5) is 18.9 Å². The largest absolute Gasteiger partial charge is 0.574 e. The molecule has 0 radical (unpaired) electrons. The van der Waals surface area contributed by atoms with Gasteiger partial charge in [-0.05, 0) is 23.8 Å². The number of amides is 1. The molecule has 9 heteroatoms. The molecule has 142 valence electrons. The van der Waals surface area contributed by atoms with Crippen molar-refractivity contribution in [3.8, 4) is 11.6 Å². The Hall–Kier alpha value is -3.23. The molecule has 0 aliphatic heterocycles. The van der Waals surface area contributed by atoms with Gasteiger partial charge >= 0.3 is 6.36 Å². The molecule has 3 rings (SSSR count). The molecule has 1 amide bonds. The zero-order chi connectivity index (χ0) is 19.4. The van der Waals surface area contributed by atoms with Crippen LogP contribution in [-0.2, 0) is 11.2 Å². The summed E-state index contributed by atoms with van der Waals surface area (Å²) in [4.78, 5) is 17.9. The Labute approximate surface area is 152 Å². The van der Waals surface area contributed by atoms with Gasteiger partial charge in [0.15, 0.2) is 0 Å². The lowest BCUT2D eigenvalue weighted by atomic mass is 10.1. The van der Waals surface area contributed by atoms with Crippen LogP contribution >= 0.6 is 0 Å². The van der Waals surface area contributed by atoms with E-state index in [-0.39, 0.29) is 5.91 Å². The summed E-state index contributed by atoms with van der Waals surface area (Å²) in [5.41, 5.74) is 2.58. The number of H-pyrrole nitrogens is 1. The van der Waals surface area contributed by atoms with Crippen molar-refractivity contribution in [2.75, 3.05) is 11.9 Å². The third-order valence-corrected chi connectivity index (χ3v) is 3.65. The second-order valence-electron chi connectivity index (χ2n) is 5.74. The summed E-state index contributed by atoms with van der Waals surface area (Å²) < 4.78 is 45.5. The average Bonchev–Trinajstić information content (AvgIpc) is 2.97. The third kappa shape index (κ3) is 5.13. The number of carbonyl (C=O) groups is 1. The number of benzene rings is 1. The number of nitrogens with zero attached hydrogens (tertiary/aromatic N) is 1. The minimum atomic E-state index is -4.78. The molecule has 0 saturated carbocycles. The van der Waals surface area contributed by atoms with E-state index in [1.807, 2.05) is 18.2 Å². The van der Waals surface area contributed by atoms with Crippen LogP contribution in [0, 0.1) is 0 Å². The predicted molar refractivity (Wildman–Crippen MR) is 92.7 cm³/mol. The number of halogens is 3. The first kappa shape index (κ1) is 18.6. The van der Waals surface area contributed by atoms with Gasteiger partial charge in [0.05, 0.1) is 18.5 Å². The Balaban J connectivity index is 1.59. The molecular formula is C18H16F3N3O3. The van der Waals surface area contributed by atoms with Crippen LogP contribution in [0.1, 0.15) is 12.5 Å². The summed E-state index contributed by atoms with van der Waals surface area (Å²) in [7, 11) is 0. The van der Waals surface area contributed by atoms with Crippen molar-refractivity contribution in [1.29, 1.82) is 0 Å². The third-order valence-electron chi connectivity index (χ3n) is 3.65. The van der Waals surface area contributed by atoms with Crippen LogP contribution in [0.3, 0.4) is 0 Å². The molecule has 0 aliphatic rings. The fourth-order valence-corrected chi connectivity index (χ4v) is 2.53. The molecule has 0 saturated heterocycles. The zero-order valence-electron chi connectivity index (χ0n) is 14.3. The van der Waals surface area contributed by atoms with E-state index >= 15 is 0 Å². The highest BCUT2D eigenvalue weighted by molar-refractivity contribution is 6.01. The highest BCUT2D eigenvalue weighted by atomic mass is 19.4. The first-order valence-electron chi connectivity index (χ1n) is 8.02. The molecule has 0 fully saturated rings. The molecule has 0 spiro atoms. The fourth-order valence-electron chi connectivity index (χ4n) is 2.53. The molecule has 2 heterocycles. The Kier molecular flexibility index (Phi) is 5.20. The minimum Gasteiger partial charge on any atom is -0.492 e. The van der Waals surface area contributed by atoms with Gasteiger partial charge < -0.3 is 19.8 Å². The zero-order valence-corrected chi connectivity index (χ0v) is 14.3. The van der Waals surface area contributed by atoms with Crippen LogP contribution in [-0.4, -0.2) is 28.8 Å². The maximum Gasteiger partial charge on any atom is 0.574 e. The van der Waals surface area contributed by atoms with Gasteiger partial charge in [0.2, 0.25) is 11.8 Å². The Bertz CT molecular complexity index is 936. The molecule has 6 nitrogen and oxygen atoms in total. The number of hydrogen-bond acceptors (Lipinski definition) is 4. The molecule has 1 aromatic carbocycles. The molecule has 2 aromatic heterocycles. The van der Waals surface area contributed by atoms with Gasteiger partial charge in [0, 0.05) is 36.5 Å². The van der Waals surface area contributed by atoms with Gasteiger partial charge in [0.1, 0.15) is 5.75 Å². The van der Waals surface area contributed by atoms with Gasteiger partial charge in [0.25, 0.3) is 0 Å². The summed E-state index contributed by atoms with van der Waals surface area (Å²) in [6, 6.07) is 8.23. The van der Waals surface area contributed by atoms with Crippen LogP contribution in [0.15, 0.2) is 42.7 Å². The number of aromatic amines is 1. The van der Waals surface area contributed by atoms with Gasteiger partial charge in [-0.3, -0.25) is 4.79 Å². The summed E-state index contributed by atoms with van der Waals surface area (Å²) in [6.07, 6.45) is -1.31. The lowest BCUT2D eigenvalue weighted by molar-refractivity contribution is -0.276. The molecule has 0 aliphatic carbocycles. The molecular weight excluding hydrogens is 363 g/mol. The second kappa shape index (κ2) is 7.56. The normalized spacial score (nSPS) is 11.4. The summed E-state index contributed by atoms with van der Waals surface area (Å²) >= 11 is 0. The van der Waals surface area contributed by atoms with E-state index in [1.54, 1.807) is 6.20 Å². The monoisotopic (exact) mass is 379 g/mol. The number of nitrogens with one attached hydrogen (secondary N) is 2. The van der Waals surface area contributed by atoms with E-state index in [0.717, 1.165) is 22.5 Å². The Morgan fingerprint density at radius 2 is 2.07 bits per heavy atom. The number of carbonyl (C=O) groups excluding carboxylic acids is 1. The van der Waals surface area contributed by atoms with E-state index in [2.05, 4.69) is 20.0 Å². The topological polar surface area (TPSA) is 76.2 Å². The number of rotatable bonds is 6. The summed E-state index contributed by atoms with van der Waals surface area (Å²) in [5.74, 6) is -0.362. The van der Waals surface area contributed by atoms with Crippen LogP contribution in [0.2, 0.25) is 0 Å². The van der Waals surface area contributed by atoms with Crippen molar-refractivity contribution >= 4 is 22.5 Å². The predicted octanol–water partition coefficient (Wildman–Crippen LogP) is 4.04. The van der Waals surface area contributed by atoms with Crippen molar-refractivity contribution in [2.45, 2.75) is 19.7 Å². The van der Waals surface area contributed by atoms with E-state index in [9.17, 15) is 18.0 Å². The summed E-state index contributed by atoms with van der Waals surface area (Å²) in [6.45, 7) is 1.75. The molecule has 2 N–H and O–H groups in total. The molecule has 0 bridgehead atoms. The van der Waals surface area contributed by atoms with Gasteiger partial charge in [-0.1, -0.05) is 6.07 Å². The van der Waals surface area contributed by atoms with Crippen molar-refractivity contribution in [2.24, 2.45) is 0 Å². The molecule has 3 aromatic rings. The van der Waals surface area contributed by atoms with Crippen molar-refractivity contribution in [3.05, 3.63) is 48.3 Å². The Morgan fingerprint density at radius 3 is 2.74 bits per heavy atom. The number of anilines is 1. The van der Waals surface area contributed by atoms with Gasteiger partial charge in [-0.15, -0.1) is 13.2 Å². The lowest BCUT2D eigenvalue weighted by Crippen LogP contribution is -2.17. The number of aromatic nitrogens is 2. The Morgan fingerprint density at radius 1 is 1.26 bits per heavy atom. The van der Waals surface area contributed by atoms with Gasteiger partial charge in [-0.2, -0.15) is 0 Å². The van der Waals surface area contributed by atoms with Crippen LogP contribution in [0.25, 0.3) is 10.9 Å². The van der Waals surface area contributed by atoms with Gasteiger partial charge in [-0.25, -0.2) is 4.98 Å². The van der Waals surface area contributed by atoms with E-state index in [0.29, 0.717) is 24.5 Å². The van der Waals surface area contributed by atoms with E-state index in [4.69, 9.17) is 4.74 Å². The average molecular weight is 379 g/mol. The minimum absolute atomic E-state index is 0.157. The number of fused-ring (bicyclic) bond motifs is 1. The number of alkyl halides is 3. The number of hydrogen-bond donors (Lipinski definition) is 2. The lowest BCUT2D eigenvalue weighted by Gasteiger charge is -2.09. The highest BCUT2D eigenvalue weighted by Gasteiger charge is 2.31. The number of pyridine rings is 1. The SMILES string of the molecule is CC(=O)Nc1c[nH]c2ccc(CCOc3ccc(OC(F)(F)F)nc3)cc12. The highest BCUT2D eigenvalue weighted by Crippen LogP contribution is 2.25. The van der Waals surface area contributed by atoms with Crippen molar-refractivity contribution in [1.82, 2.24) is 9.97 Å². The van der Waals surface area contributed by atoms with Crippen LogP contribution < -0.4 is 14.8 Å². The standard InChI is InChI=1S/C18H16F3N3O3/c1-11(25)24-16-10-22-15-4-2-12(8-14(15)16)6-7-26-13-3-5-17(23-9-13)27-18(19,20)21/h2-5,8-10,22H,6-7H2,1H3,(H,24,25). The first-order valence-corrected chi connectivity index (χ1v) is 8.02. The van der Waals surface area contributed by atoms with E-state index < -0.39 is 12.2 Å². The second-order valence-corrected chi connectivity index (χ2v) is 5.74. The van der Waals surface area contributed by atoms with E-state index in [1.165, 1.54) is 19.2 Å². The smallest absolute Gasteiger partial charge is 0.492 e. The summed E-state index contributed by atoms with van der Waals surface area (Å²) in [5, 5.41) is 3.64. The first-order chi connectivity index (χ1) is 12.8. The van der Waals surface area contributed by atoms with Crippen LogP contribution in [0.5, 0.6) is 11.6 Å². The molecule has 0 atom stereocenters. The number of ether oxygens (including phenoxy) is 2.